The van der Waals surface area contributed by atoms with Crippen LogP contribution in [0.1, 0.15) is 25.3 Å². The predicted molar refractivity (Wildman–Crippen MR) is 104 cm³/mol. The molecule has 3 N–H and O–H groups in total. The molecule has 2 unspecified atom stereocenters. The number of anilines is 1. The Morgan fingerprint density at radius 2 is 2.03 bits per heavy atom. The smallest absolute Gasteiger partial charge is 0.376 e. The molecule has 0 bridgehead atoms. The third kappa shape index (κ3) is 3.72. The summed E-state index contributed by atoms with van der Waals surface area (Å²) >= 11 is 0. The fourth-order valence-corrected chi connectivity index (χ4v) is 3.48. The van der Waals surface area contributed by atoms with E-state index < -0.39 is 17.6 Å². The van der Waals surface area contributed by atoms with E-state index in [9.17, 15) is 22.7 Å². The third-order valence-corrected chi connectivity index (χ3v) is 5.37. The van der Waals surface area contributed by atoms with Gasteiger partial charge in [-0.15, -0.1) is 0 Å². The van der Waals surface area contributed by atoms with Gasteiger partial charge in [0.2, 0.25) is 0 Å². The fraction of sp³-hybridized carbons (Fsp3) is 0.400. The quantitative estimate of drug-likeness (QED) is 0.561. The number of imidazole rings is 1. The first-order chi connectivity index (χ1) is 14.2. The summed E-state index contributed by atoms with van der Waals surface area (Å²) in [4.78, 5) is 8.52. The number of aliphatic hydroxyl groups is 1. The molecule has 4 rings (SSSR count). The Balaban J connectivity index is 1.72. The molecule has 10 heteroatoms. The van der Waals surface area contributed by atoms with Crippen LogP contribution in [0.4, 0.5) is 23.4 Å². The lowest BCUT2D eigenvalue weighted by Crippen LogP contribution is -2.39. The lowest BCUT2D eigenvalue weighted by atomic mass is 9.97. The van der Waals surface area contributed by atoms with Crippen molar-refractivity contribution in [3.05, 3.63) is 48.0 Å². The second kappa shape index (κ2) is 7.51. The first-order valence-electron chi connectivity index (χ1n) is 9.57. The highest BCUT2D eigenvalue weighted by Crippen LogP contribution is 2.38. The highest BCUT2D eigenvalue weighted by Gasteiger charge is 2.51. The molecule has 1 fully saturated rings. The predicted octanol–water partition coefficient (Wildman–Crippen LogP) is 3.47. The number of hydrogen-bond donors (Lipinski definition) is 3. The number of aromatic nitrogens is 3. The maximum atomic E-state index is 14.3. The van der Waals surface area contributed by atoms with Crippen LogP contribution in [0, 0.1) is 5.82 Å². The van der Waals surface area contributed by atoms with Gasteiger partial charge in [-0.3, -0.25) is 4.40 Å². The van der Waals surface area contributed by atoms with Gasteiger partial charge in [0.25, 0.3) is 0 Å². The van der Waals surface area contributed by atoms with Crippen LogP contribution in [0.2, 0.25) is 0 Å². The summed E-state index contributed by atoms with van der Waals surface area (Å²) in [6.45, 7) is 2.30. The summed E-state index contributed by atoms with van der Waals surface area (Å²) in [6, 6.07) is 5.30. The van der Waals surface area contributed by atoms with E-state index in [2.05, 4.69) is 20.6 Å². The van der Waals surface area contributed by atoms with Crippen LogP contribution in [0.3, 0.4) is 0 Å². The van der Waals surface area contributed by atoms with E-state index in [-0.39, 0.29) is 17.4 Å². The SMILES string of the molecule is CC(O)(c1ccc2ncc(-c3ccc(F)c(NC4CCCNC4)n3)n2c1)C(F)(F)F. The molecule has 0 aliphatic carbocycles. The van der Waals surface area contributed by atoms with Crippen molar-refractivity contribution in [1.29, 1.82) is 0 Å². The maximum absolute atomic E-state index is 14.3. The molecule has 160 valence electrons. The van der Waals surface area contributed by atoms with Gasteiger partial charge < -0.3 is 15.7 Å². The Bertz CT molecular complexity index is 1060. The molecule has 0 spiro atoms. The average molecular weight is 423 g/mol. The summed E-state index contributed by atoms with van der Waals surface area (Å²) in [7, 11) is 0. The van der Waals surface area contributed by atoms with Gasteiger partial charge >= 0.3 is 6.18 Å². The van der Waals surface area contributed by atoms with Crippen LogP contribution in [-0.4, -0.2) is 44.8 Å². The Morgan fingerprint density at radius 3 is 2.73 bits per heavy atom. The molecule has 0 saturated carbocycles. The number of rotatable bonds is 4. The zero-order chi connectivity index (χ0) is 21.5. The van der Waals surface area contributed by atoms with Crippen LogP contribution >= 0.6 is 0 Å². The second-order valence-corrected chi connectivity index (χ2v) is 7.57. The number of halogens is 4. The molecule has 0 aromatic carbocycles. The van der Waals surface area contributed by atoms with Gasteiger partial charge in [-0.25, -0.2) is 14.4 Å². The number of fused-ring (bicyclic) bond motifs is 1. The topological polar surface area (TPSA) is 74.5 Å². The Labute approximate surface area is 170 Å². The fourth-order valence-electron chi connectivity index (χ4n) is 3.48. The molecule has 0 amide bonds. The van der Waals surface area contributed by atoms with E-state index in [0.29, 0.717) is 30.5 Å². The van der Waals surface area contributed by atoms with Gasteiger partial charge in [-0.2, -0.15) is 13.2 Å². The minimum atomic E-state index is -4.85. The van der Waals surface area contributed by atoms with Gasteiger partial charge in [-0.1, -0.05) is 6.07 Å². The van der Waals surface area contributed by atoms with E-state index in [1.165, 1.54) is 41.1 Å². The summed E-state index contributed by atoms with van der Waals surface area (Å²) in [6.07, 6.45) is -0.374. The number of nitrogens with zero attached hydrogens (tertiary/aromatic N) is 3. The standard InChI is InChI=1S/C20H21F4N5O/c1-19(30,20(22,23)24)12-4-7-17-26-10-16(29(17)11-12)15-6-5-14(21)18(28-15)27-13-3-2-8-25-9-13/h4-7,10-11,13,25,30H,2-3,8-9H2,1H3,(H,27,28). The number of piperidine rings is 1. The zero-order valence-electron chi connectivity index (χ0n) is 16.2. The van der Waals surface area contributed by atoms with Crippen LogP contribution in [0.5, 0.6) is 0 Å². The molecule has 0 radical (unpaired) electrons. The van der Waals surface area contributed by atoms with Gasteiger partial charge in [0, 0.05) is 24.3 Å². The monoisotopic (exact) mass is 423 g/mol. The minimum Gasteiger partial charge on any atom is -0.376 e. The van der Waals surface area contributed by atoms with Crippen LogP contribution in [0.25, 0.3) is 17.0 Å². The van der Waals surface area contributed by atoms with Crippen molar-refractivity contribution in [2.45, 2.75) is 37.6 Å². The molecule has 1 saturated heterocycles. The molecule has 4 heterocycles. The molecule has 30 heavy (non-hydrogen) atoms. The van der Waals surface area contributed by atoms with E-state index in [1.807, 2.05) is 0 Å². The van der Waals surface area contributed by atoms with E-state index in [4.69, 9.17) is 0 Å². The second-order valence-electron chi connectivity index (χ2n) is 7.57. The Morgan fingerprint density at radius 1 is 1.23 bits per heavy atom. The van der Waals surface area contributed by atoms with Crippen LogP contribution in [0.15, 0.2) is 36.7 Å². The molecule has 2 atom stereocenters. The number of alkyl halides is 3. The van der Waals surface area contributed by atoms with Crippen molar-refractivity contribution < 1.29 is 22.7 Å². The van der Waals surface area contributed by atoms with E-state index >= 15 is 0 Å². The van der Waals surface area contributed by atoms with Crippen molar-refractivity contribution in [2.24, 2.45) is 0 Å². The largest absolute Gasteiger partial charge is 0.421 e. The number of nitrogens with one attached hydrogen (secondary N) is 2. The summed E-state index contributed by atoms with van der Waals surface area (Å²) in [5.74, 6) is -0.437. The van der Waals surface area contributed by atoms with Gasteiger partial charge in [0.1, 0.15) is 5.65 Å². The highest BCUT2D eigenvalue weighted by atomic mass is 19.4. The van der Waals surface area contributed by atoms with Gasteiger partial charge in [0.05, 0.1) is 17.6 Å². The molecule has 3 aromatic heterocycles. The molecule has 3 aromatic rings. The zero-order valence-corrected chi connectivity index (χ0v) is 16.2. The van der Waals surface area contributed by atoms with Crippen molar-refractivity contribution >= 4 is 11.5 Å². The van der Waals surface area contributed by atoms with Crippen molar-refractivity contribution in [1.82, 2.24) is 19.7 Å². The molecular weight excluding hydrogens is 402 g/mol. The normalized spacial score (nSPS) is 19.6. The first kappa shape index (κ1) is 20.5. The lowest BCUT2D eigenvalue weighted by Gasteiger charge is -2.26. The van der Waals surface area contributed by atoms with Crippen LogP contribution < -0.4 is 10.6 Å². The number of hydrogen-bond acceptors (Lipinski definition) is 5. The van der Waals surface area contributed by atoms with E-state index in [1.54, 1.807) is 0 Å². The van der Waals surface area contributed by atoms with Gasteiger partial charge in [-0.05, 0) is 44.5 Å². The van der Waals surface area contributed by atoms with Crippen molar-refractivity contribution in [3.63, 3.8) is 0 Å². The maximum Gasteiger partial charge on any atom is 0.421 e. The first-order valence-corrected chi connectivity index (χ1v) is 9.57. The third-order valence-electron chi connectivity index (χ3n) is 5.37. The van der Waals surface area contributed by atoms with Crippen LogP contribution in [-0.2, 0) is 5.60 Å². The average Bonchev–Trinajstić information content (AvgIpc) is 3.13. The summed E-state index contributed by atoms with van der Waals surface area (Å²) in [5.41, 5.74) is -2.26. The van der Waals surface area contributed by atoms with Crippen molar-refractivity contribution in [2.75, 3.05) is 18.4 Å². The Kier molecular flexibility index (Phi) is 5.15. The molecule has 1 aliphatic heterocycles. The summed E-state index contributed by atoms with van der Waals surface area (Å²) in [5, 5.41) is 16.3. The lowest BCUT2D eigenvalue weighted by molar-refractivity contribution is -0.259. The number of pyridine rings is 2. The highest BCUT2D eigenvalue weighted by molar-refractivity contribution is 5.62. The molecular formula is C20H21F4N5O. The molecule has 1 aliphatic rings. The van der Waals surface area contributed by atoms with E-state index in [0.717, 1.165) is 19.4 Å². The minimum absolute atomic E-state index is 0.0340. The molecule has 6 nitrogen and oxygen atoms in total. The van der Waals surface area contributed by atoms with Crippen molar-refractivity contribution in [3.8, 4) is 11.4 Å². The van der Waals surface area contributed by atoms with Gasteiger partial charge in [0.15, 0.2) is 17.2 Å². The Hall–Kier alpha value is -2.72. The summed E-state index contributed by atoms with van der Waals surface area (Å²) < 4.78 is 55.4.